The van der Waals surface area contributed by atoms with Gasteiger partial charge in [0.25, 0.3) is 62.3 Å². The van der Waals surface area contributed by atoms with Gasteiger partial charge in [0.1, 0.15) is 29.3 Å². The Kier molecular flexibility index (Phi) is 27.5. The molecule has 0 unspecified atom stereocenters. The van der Waals surface area contributed by atoms with E-state index in [9.17, 15) is 72.0 Å². The smallest absolute Gasteiger partial charge is 0.333 e. The molecule has 698 valence electrons. The number of anilines is 6. The number of ether oxygens (including phenoxy) is 1. The van der Waals surface area contributed by atoms with Crippen LogP contribution in [0.4, 0.5) is 53.3 Å². The van der Waals surface area contributed by atoms with E-state index < -0.39 is 64.2 Å². The highest BCUT2D eigenvalue weighted by Crippen LogP contribution is 2.34. The quantitative estimate of drug-likeness (QED) is 0.0381. The van der Waals surface area contributed by atoms with E-state index in [0.717, 1.165) is 145 Å². The number of carbonyl (C=O) groups is 4. The second-order valence-corrected chi connectivity index (χ2v) is 44.9. The lowest BCUT2D eigenvalue weighted by Crippen LogP contribution is -2.33. The van der Waals surface area contributed by atoms with Gasteiger partial charge >= 0.3 is 24.1 Å². The van der Waals surface area contributed by atoms with Gasteiger partial charge in [-0.3, -0.25) is 42.4 Å². The summed E-state index contributed by atoms with van der Waals surface area (Å²) >= 11 is 26.5. The topological polar surface area (TPSA) is 450 Å². The number of benzene rings is 8. The molecule has 8 aromatic heterocycles. The van der Waals surface area contributed by atoms with Gasteiger partial charge in [0.05, 0.1) is 30.4 Å². The molecule has 0 bridgehead atoms. The monoisotopic (exact) mass is 2070 g/mol. The minimum absolute atomic E-state index is 0.0601. The van der Waals surface area contributed by atoms with Crippen LogP contribution in [-0.4, -0.2) is 139 Å². The second kappa shape index (κ2) is 39.7. The Balaban J connectivity index is 0.000000127. The average molecular weight is 2070 g/mol. The molecule has 20 rings (SSSR count). The number of hydrogen-bond donors (Lipinski definition) is 10. The fraction of sp³-hybridized carbons (Fsp3) is 0.0989. The molecular formula is C91H71Cl4N17O17S8. The Morgan fingerprint density at radius 3 is 1.10 bits per heavy atom. The highest BCUT2D eigenvalue weighted by molar-refractivity contribution is 7.93. The zero-order valence-corrected chi connectivity index (χ0v) is 80.3. The van der Waals surface area contributed by atoms with E-state index in [1.807, 2.05) is 98.7 Å². The highest BCUT2D eigenvalue weighted by atomic mass is 35.5. The van der Waals surface area contributed by atoms with Gasteiger partial charge < -0.3 is 41.5 Å². The third kappa shape index (κ3) is 21.5. The zero-order valence-electron chi connectivity index (χ0n) is 70.8. The number of amidine groups is 1. The lowest BCUT2D eigenvalue weighted by molar-refractivity contribution is 0.255. The zero-order chi connectivity index (χ0) is 96.4. The number of nitrogens with one attached hydrogen (secondary N) is 10. The summed E-state index contributed by atoms with van der Waals surface area (Å²) in [5.74, 6) is 1.50. The maximum absolute atomic E-state index is 13.1. The molecule has 8 amide bonds. The first-order chi connectivity index (χ1) is 65.6. The SMILES string of the molecule is CN1CCN=C1c1ccc2c(=O)n(-c3ccc(NC(=O)NS(=O)(=O)c4ccc(Cl)s4)cc3)ccc2c1.O=C(Nc1ccc(-n2ccc3c4c(ccc3c2=O)NCC4)cc1)NS(=O)(=O)c1ccc(Cl)s1.O=C(Nc1ccc(-n2ccc3cc(C4=NCCO4)ccc3c2=O)cc1)NS(=O)(=O)c1ccc(Cl)s1.O=C(Nc1ccc(-n2ccc3cc4c(cc3c2=O)CCN4)cc1)NS(=O)(=O)c1ccc(Cl)s1. The molecule has 16 aromatic rings. The predicted octanol–water partition coefficient (Wildman–Crippen LogP) is 16.3. The number of halogens is 4. The molecule has 0 fully saturated rings. The summed E-state index contributed by atoms with van der Waals surface area (Å²) in [7, 11) is -14.1. The van der Waals surface area contributed by atoms with Crippen LogP contribution in [0.2, 0.25) is 17.3 Å². The number of nitrogens with zero attached hydrogens (tertiary/aromatic N) is 7. The van der Waals surface area contributed by atoms with Crippen LogP contribution in [0.15, 0.2) is 301 Å². The minimum Gasteiger partial charge on any atom is -0.476 e. The number of amides is 8. The van der Waals surface area contributed by atoms with Crippen LogP contribution >= 0.6 is 91.8 Å². The number of fused-ring (bicyclic) bond motifs is 7. The summed E-state index contributed by atoms with van der Waals surface area (Å²) in [6.45, 7) is 4.55. The van der Waals surface area contributed by atoms with Crippen molar-refractivity contribution in [3.63, 3.8) is 0 Å². The molecule has 137 heavy (non-hydrogen) atoms. The Morgan fingerprint density at radius 2 is 0.723 bits per heavy atom. The van der Waals surface area contributed by atoms with Crippen LogP contribution in [0, 0.1) is 0 Å². The molecule has 0 spiro atoms. The van der Waals surface area contributed by atoms with Crippen LogP contribution in [-0.2, 0) is 57.7 Å². The number of hydrogen-bond acceptors (Lipinski definition) is 26. The first-order valence-electron chi connectivity index (χ1n) is 41.0. The molecule has 10 N–H and O–H groups in total. The third-order valence-corrected chi connectivity index (χ3v) is 33.7. The van der Waals surface area contributed by atoms with Crippen LogP contribution in [0.3, 0.4) is 0 Å². The summed E-state index contributed by atoms with van der Waals surface area (Å²) in [5.41, 5.74) is 9.40. The number of urea groups is 4. The maximum Gasteiger partial charge on any atom is 0.333 e. The van der Waals surface area contributed by atoms with Gasteiger partial charge in [0.2, 0.25) is 5.90 Å². The Bertz CT molecular complexity index is 8230. The summed E-state index contributed by atoms with van der Waals surface area (Å²) in [6.07, 6.45) is 8.57. The van der Waals surface area contributed by atoms with Crippen molar-refractivity contribution in [2.75, 3.05) is 78.3 Å². The summed E-state index contributed by atoms with van der Waals surface area (Å²) in [6, 6.07) is 59.7. The maximum atomic E-state index is 13.1. The first kappa shape index (κ1) is 94.7. The van der Waals surface area contributed by atoms with Crippen LogP contribution < -0.4 is 73.0 Å². The molecule has 0 saturated carbocycles. The van der Waals surface area contributed by atoms with E-state index >= 15 is 0 Å². The molecular weight excluding hydrogens is 2000 g/mol. The van der Waals surface area contributed by atoms with Crippen molar-refractivity contribution < 1.29 is 57.6 Å². The normalized spacial score (nSPS) is 13.2. The first-order valence-corrected chi connectivity index (χ1v) is 51.7. The van der Waals surface area contributed by atoms with Crippen molar-refractivity contribution in [2.45, 2.75) is 29.7 Å². The fourth-order valence-electron chi connectivity index (χ4n) is 15.0. The number of carbonyl (C=O) groups excluding carboxylic acids is 4. The minimum atomic E-state index is -4.03. The van der Waals surface area contributed by atoms with E-state index in [1.54, 1.807) is 134 Å². The largest absolute Gasteiger partial charge is 0.476 e. The number of likely N-dealkylation sites (N-methyl/N-ethyl adjacent to an activating group) is 1. The van der Waals surface area contributed by atoms with Gasteiger partial charge in [-0.25, -0.2) is 76.7 Å². The van der Waals surface area contributed by atoms with Gasteiger partial charge in [-0.05, 0) is 270 Å². The molecule has 34 nitrogen and oxygen atoms in total. The van der Waals surface area contributed by atoms with Crippen molar-refractivity contribution in [1.29, 1.82) is 0 Å². The number of pyridine rings is 4. The third-order valence-electron chi connectivity index (χ3n) is 21.5. The number of rotatable bonds is 18. The Hall–Kier alpha value is -14.0. The van der Waals surface area contributed by atoms with Gasteiger partial charge in [0, 0.05) is 141 Å². The molecule has 0 radical (unpaired) electrons. The van der Waals surface area contributed by atoms with E-state index in [0.29, 0.717) is 103 Å². The lowest BCUT2D eigenvalue weighted by atomic mass is 10.0. The summed E-state index contributed by atoms with van der Waals surface area (Å²) in [5, 5.41) is 22.3. The number of sulfonamides is 4. The van der Waals surface area contributed by atoms with Crippen molar-refractivity contribution >= 4 is 245 Å². The lowest BCUT2D eigenvalue weighted by Gasteiger charge is -2.14. The van der Waals surface area contributed by atoms with Gasteiger partial charge in [-0.1, -0.05) is 52.5 Å². The number of aromatic nitrogens is 4. The number of thiophene rings is 4. The molecule has 12 heterocycles. The molecule has 46 heteroatoms. The van der Waals surface area contributed by atoms with E-state index in [-0.39, 0.29) is 39.1 Å². The molecule has 4 aliphatic rings. The van der Waals surface area contributed by atoms with Gasteiger partial charge in [-0.15, -0.1) is 45.3 Å². The standard InChI is InChI=1S/C24H20ClN5O4S2.C23H17ClN4O5S2.2C22H17ClN4O4S2/c1-29-13-11-26-22(29)16-2-7-19-15(14-16)10-12-30(23(19)31)18-5-3-17(4-6-18)27-24(32)28-36(33,34)21-9-8-20(25)35-21;24-19-7-8-20(34-19)35(31,32)27-23(30)26-16-2-4-17(5-3-16)28-11-9-14-13-15(21-25-10-12-33-21)1-6-18(14)22(28)29;23-19-5-6-20(32-19)33(30,31)26-22(29)25-15-1-3-16(4-2-15)27-10-8-13-12-18-14(7-9-24-18)11-17(13)21(27)28;23-19-7-8-20(32-19)33(30,31)26-22(29)25-13-1-3-14(4-2-13)27-12-10-15-16-9-11-24-18(16)6-5-17(15)21(27)28/h2-10,12,14H,11,13H2,1H3,(H2,27,28,32);1-9,11,13H,10,12H2,(H2,26,27,30);1-6,8,10-12,24H,7,9H2,(H2,25,26,29);1-8,10,12,24H,9,11H2,(H2,25,26,29). The van der Waals surface area contributed by atoms with E-state index in [1.165, 1.54) is 66.8 Å². The van der Waals surface area contributed by atoms with Crippen LogP contribution in [0.5, 0.6) is 0 Å². The Morgan fingerprint density at radius 1 is 0.365 bits per heavy atom. The van der Waals surface area contributed by atoms with Gasteiger partial charge in [-0.2, -0.15) is 0 Å². The molecule has 0 saturated heterocycles. The van der Waals surface area contributed by atoms with Crippen molar-refractivity contribution in [2.24, 2.45) is 9.98 Å². The fourth-order valence-corrected chi connectivity index (χ4v) is 24.6. The molecule has 0 atom stereocenters. The van der Waals surface area contributed by atoms with Gasteiger partial charge in [0.15, 0.2) is 0 Å². The van der Waals surface area contributed by atoms with Crippen molar-refractivity contribution in [3.8, 4) is 22.7 Å². The summed E-state index contributed by atoms with van der Waals surface area (Å²) < 4.78 is 118. The Labute approximate surface area is 814 Å². The molecule has 0 aliphatic carbocycles. The van der Waals surface area contributed by atoms with E-state index in [2.05, 4.69) is 46.8 Å². The average Bonchev–Trinajstić information content (AvgIpc) is 1.75. The summed E-state index contributed by atoms with van der Waals surface area (Å²) in [4.78, 5) is 112. The van der Waals surface area contributed by atoms with Crippen molar-refractivity contribution in [3.05, 3.63) is 336 Å². The molecule has 8 aromatic carbocycles. The highest BCUT2D eigenvalue weighted by Gasteiger charge is 2.27. The number of aliphatic imine (C=N–C) groups is 2. The van der Waals surface area contributed by atoms with Crippen molar-refractivity contribution in [1.82, 2.24) is 42.1 Å². The molecule has 4 aliphatic heterocycles. The second-order valence-electron chi connectivity index (χ2n) is 30.4. The van der Waals surface area contributed by atoms with E-state index in [4.69, 9.17) is 51.1 Å². The van der Waals surface area contributed by atoms with Crippen LogP contribution in [0.25, 0.3) is 65.8 Å². The predicted molar refractivity (Wildman–Crippen MR) is 539 cm³/mol. The van der Waals surface area contributed by atoms with Crippen LogP contribution in [0.1, 0.15) is 22.3 Å².